The van der Waals surface area contributed by atoms with E-state index in [0.29, 0.717) is 17.7 Å². The van der Waals surface area contributed by atoms with Gasteiger partial charge in [0.15, 0.2) is 0 Å². The second kappa shape index (κ2) is 7.59. The van der Waals surface area contributed by atoms with E-state index in [1.54, 1.807) is 24.3 Å². The van der Waals surface area contributed by atoms with Crippen molar-refractivity contribution in [1.82, 2.24) is 10.2 Å². The van der Waals surface area contributed by atoms with Crippen molar-refractivity contribution >= 4 is 11.8 Å². The van der Waals surface area contributed by atoms with Gasteiger partial charge in [-0.25, -0.2) is 0 Å². The lowest BCUT2D eigenvalue weighted by Gasteiger charge is -2.39. The Bertz CT molecular complexity index is 544. The molecule has 1 aliphatic rings. The minimum atomic E-state index is -0.484. The molecule has 0 aromatic heterocycles. The lowest BCUT2D eigenvalue weighted by atomic mass is 9.88. The van der Waals surface area contributed by atoms with Crippen LogP contribution in [0, 0.1) is 0 Å². The molecule has 0 bridgehead atoms. The van der Waals surface area contributed by atoms with Crippen molar-refractivity contribution < 1.29 is 9.59 Å². The van der Waals surface area contributed by atoms with Crippen LogP contribution in [0.25, 0.3) is 0 Å². The molecule has 1 aromatic rings. The lowest BCUT2D eigenvalue weighted by Crippen LogP contribution is -2.52. The van der Waals surface area contributed by atoms with Crippen molar-refractivity contribution in [2.75, 3.05) is 20.6 Å². The van der Waals surface area contributed by atoms with Crippen LogP contribution in [0.2, 0.25) is 0 Å². The van der Waals surface area contributed by atoms with Crippen LogP contribution < -0.4 is 11.1 Å². The topological polar surface area (TPSA) is 75.4 Å². The summed E-state index contributed by atoms with van der Waals surface area (Å²) >= 11 is 0. The number of amides is 2. The fourth-order valence-corrected chi connectivity index (χ4v) is 3.30. The van der Waals surface area contributed by atoms with Gasteiger partial charge in [-0.15, -0.1) is 0 Å². The molecule has 126 valence electrons. The fraction of sp³-hybridized carbons (Fsp3) is 0.556. The molecule has 1 fully saturated rings. The van der Waals surface area contributed by atoms with Crippen LogP contribution >= 0.6 is 0 Å². The maximum Gasteiger partial charge on any atom is 0.251 e. The zero-order chi connectivity index (χ0) is 16.9. The molecule has 1 saturated carbocycles. The van der Waals surface area contributed by atoms with Crippen molar-refractivity contribution in [2.45, 2.75) is 44.1 Å². The second-order valence-electron chi connectivity index (χ2n) is 6.66. The number of hydrogen-bond acceptors (Lipinski definition) is 3. The molecule has 0 saturated heterocycles. The largest absolute Gasteiger partial charge is 0.366 e. The zero-order valence-corrected chi connectivity index (χ0v) is 14.1. The Morgan fingerprint density at radius 2 is 1.57 bits per heavy atom. The summed E-state index contributed by atoms with van der Waals surface area (Å²) in [6.45, 7) is 0.649. The van der Waals surface area contributed by atoms with E-state index in [-0.39, 0.29) is 11.4 Å². The van der Waals surface area contributed by atoms with E-state index >= 15 is 0 Å². The molecule has 0 heterocycles. The summed E-state index contributed by atoms with van der Waals surface area (Å²) in [6.07, 6.45) is 7.20. The van der Waals surface area contributed by atoms with Gasteiger partial charge in [-0.3, -0.25) is 9.59 Å². The summed E-state index contributed by atoms with van der Waals surface area (Å²) in [5.41, 5.74) is 6.22. The first-order chi connectivity index (χ1) is 10.9. The monoisotopic (exact) mass is 317 g/mol. The molecule has 3 N–H and O–H groups in total. The van der Waals surface area contributed by atoms with Gasteiger partial charge in [0.25, 0.3) is 5.91 Å². The maximum absolute atomic E-state index is 12.4. The first kappa shape index (κ1) is 17.5. The van der Waals surface area contributed by atoms with Crippen molar-refractivity contribution in [2.24, 2.45) is 5.73 Å². The van der Waals surface area contributed by atoms with Gasteiger partial charge in [-0.2, -0.15) is 0 Å². The number of rotatable bonds is 5. The average Bonchev–Trinajstić information content (AvgIpc) is 2.79. The van der Waals surface area contributed by atoms with Gasteiger partial charge in [0.05, 0.1) is 0 Å². The molecule has 5 nitrogen and oxygen atoms in total. The Balaban J connectivity index is 2.02. The van der Waals surface area contributed by atoms with Crippen LogP contribution in [0.5, 0.6) is 0 Å². The molecule has 0 spiro atoms. The number of nitrogens with two attached hydrogens (primary N) is 1. The number of hydrogen-bond donors (Lipinski definition) is 2. The first-order valence-corrected chi connectivity index (χ1v) is 8.30. The third-order valence-electron chi connectivity index (χ3n) is 4.99. The smallest absolute Gasteiger partial charge is 0.251 e. The number of carbonyl (C=O) groups is 2. The minimum Gasteiger partial charge on any atom is -0.366 e. The predicted octanol–water partition coefficient (Wildman–Crippen LogP) is 2.17. The zero-order valence-electron chi connectivity index (χ0n) is 14.1. The standard InChI is InChI=1S/C18H27N3O2/c1-21(2)18(11-5-3-4-6-12-18)13-20-17(23)15-9-7-14(8-10-15)16(19)22/h7-10H,3-6,11-13H2,1-2H3,(H2,19,22)(H,20,23). The molecule has 0 atom stereocenters. The normalized spacial score (nSPS) is 17.5. The van der Waals surface area contributed by atoms with Gasteiger partial charge < -0.3 is 16.0 Å². The summed E-state index contributed by atoms with van der Waals surface area (Å²) in [5, 5.41) is 3.07. The Hall–Kier alpha value is -1.88. The van der Waals surface area contributed by atoms with Crippen molar-refractivity contribution in [3.63, 3.8) is 0 Å². The Kier molecular flexibility index (Phi) is 5.77. The van der Waals surface area contributed by atoms with E-state index < -0.39 is 5.91 Å². The lowest BCUT2D eigenvalue weighted by molar-refractivity contribution is 0.0868. The third kappa shape index (κ3) is 4.32. The van der Waals surface area contributed by atoms with E-state index in [9.17, 15) is 9.59 Å². The molecular formula is C18H27N3O2. The van der Waals surface area contributed by atoms with Crippen LogP contribution in [0.4, 0.5) is 0 Å². The Morgan fingerprint density at radius 1 is 1.04 bits per heavy atom. The van der Waals surface area contributed by atoms with Crippen LogP contribution in [0.3, 0.4) is 0 Å². The molecule has 1 aromatic carbocycles. The van der Waals surface area contributed by atoms with Crippen molar-refractivity contribution in [3.8, 4) is 0 Å². The Morgan fingerprint density at radius 3 is 2.04 bits per heavy atom. The highest BCUT2D eigenvalue weighted by atomic mass is 16.2. The molecule has 0 radical (unpaired) electrons. The number of nitrogens with one attached hydrogen (secondary N) is 1. The summed E-state index contributed by atoms with van der Waals surface area (Å²) in [6, 6.07) is 6.46. The fourth-order valence-electron chi connectivity index (χ4n) is 3.30. The second-order valence-corrected chi connectivity index (χ2v) is 6.66. The van der Waals surface area contributed by atoms with E-state index in [4.69, 9.17) is 5.73 Å². The van der Waals surface area contributed by atoms with Gasteiger partial charge in [0.1, 0.15) is 0 Å². The van der Waals surface area contributed by atoms with E-state index in [1.807, 2.05) is 0 Å². The number of carbonyl (C=O) groups excluding carboxylic acids is 2. The van der Waals surface area contributed by atoms with E-state index in [0.717, 1.165) is 12.8 Å². The number of benzene rings is 1. The third-order valence-corrected chi connectivity index (χ3v) is 4.99. The summed E-state index contributed by atoms with van der Waals surface area (Å²) in [5.74, 6) is -0.589. The predicted molar refractivity (Wildman–Crippen MR) is 91.4 cm³/mol. The number of primary amides is 1. The minimum absolute atomic E-state index is 0.0410. The highest BCUT2D eigenvalue weighted by molar-refractivity contribution is 5.97. The van der Waals surface area contributed by atoms with Gasteiger partial charge in [0.2, 0.25) is 5.91 Å². The highest BCUT2D eigenvalue weighted by Crippen LogP contribution is 2.30. The van der Waals surface area contributed by atoms with Crippen LogP contribution in [0.15, 0.2) is 24.3 Å². The quantitative estimate of drug-likeness (QED) is 0.817. The average molecular weight is 317 g/mol. The van der Waals surface area contributed by atoms with Gasteiger partial charge in [0, 0.05) is 23.2 Å². The van der Waals surface area contributed by atoms with Gasteiger partial charge in [-0.1, -0.05) is 25.7 Å². The number of nitrogens with zero attached hydrogens (tertiary/aromatic N) is 1. The highest BCUT2D eigenvalue weighted by Gasteiger charge is 2.33. The number of likely N-dealkylation sites (N-methyl/N-ethyl adjacent to an activating group) is 1. The molecule has 5 heteroatoms. The molecular weight excluding hydrogens is 290 g/mol. The van der Waals surface area contributed by atoms with Gasteiger partial charge in [-0.05, 0) is 51.2 Å². The summed E-state index contributed by atoms with van der Waals surface area (Å²) in [7, 11) is 4.19. The van der Waals surface area contributed by atoms with Crippen molar-refractivity contribution in [1.29, 1.82) is 0 Å². The Labute approximate surface area is 138 Å². The molecule has 2 rings (SSSR count). The molecule has 1 aliphatic carbocycles. The van der Waals surface area contributed by atoms with E-state index in [1.165, 1.54) is 25.7 Å². The van der Waals surface area contributed by atoms with Gasteiger partial charge >= 0.3 is 0 Å². The molecule has 23 heavy (non-hydrogen) atoms. The molecule has 0 unspecified atom stereocenters. The maximum atomic E-state index is 12.4. The SMILES string of the molecule is CN(C)C1(CNC(=O)c2ccc(C(N)=O)cc2)CCCCCC1. The summed E-state index contributed by atoms with van der Waals surface area (Å²) in [4.78, 5) is 25.7. The van der Waals surface area contributed by atoms with Crippen LogP contribution in [0.1, 0.15) is 59.2 Å². The van der Waals surface area contributed by atoms with E-state index in [2.05, 4.69) is 24.3 Å². The molecule has 0 aliphatic heterocycles. The first-order valence-electron chi connectivity index (χ1n) is 8.30. The summed E-state index contributed by atoms with van der Waals surface area (Å²) < 4.78 is 0. The van der Waals surface area contributed by atoms with Crippen molar-refractivity contribution in [3.05, 3.63) is 35.4 Å². The molecule has 2 amide bonds. The van der Waals surface area contributed by atoms with Crippen LogP contribution in [-0.4, -0.2) is 42.9 Å². The van der Waals surface area contributed by atoms with Crippen LogP contribution in [-0.2, 0) is 0 Å².